The number of nitrogens with zero attached hydrogens (tertiary/aromatic N) is 5. The third-order valence-electron chi connectivity index (χ3n) is 2.45. The summed E-state index contributed by atoms with van der Waals surface area (Å²) in [5.74, 6) is 1.09. The van der Waals surface area contributed by atoms with E-state index in [1.807, 2.05) is 27.9 Å². The van der Waals surface area contributed by atoms with Crippen LogP contribution in [0.1, 0.15) is 25.6 Å². The van der Waals surface area contributed by atoms with Crippen LogP contribution in [0, 0.1) is 5.95 Å². The molecule has 0 spiro atoms. The summed E-state index contributed by atoms with van der Waals surface area (Å²) < 4.78 is 18.2. The van der Waals surface area contributed by atoms with Gasteiger partial charge in [0.25, 0.3) is 0 Å². The molecule has 0 saturated heterocycles. The van der Waals surface area contributed by atoms with Crippen LogP contribution in [-0.4, -0.2) is 34.0 Å². The van der Waals surface area contributed by atoms with Gasteiger partial charge in [-0.2, -0.15) is 19.3 Å². The molecule has 0 fully saturated rings. The van der Waals surface area contributed by atoms with E-state index in [2.05, 4.69) is 19.9 Å². The van der Waals surface area contributed by atoms with Gasteiger partial charge in [-0.3, -0.25) is 0 Å². The average molecular weight is 277 g/mol. The van der Waals surface area contributed by atoms with E-state index in [0.29, 0.717) is 17.5 Å². The van der Waals surface area contributed by atoms with Crippen LogP contribution >= 0.6 is 0 Å². The van der Waals surface area contributed by atoms with E-state index in [0.717, 1.165) is 0 Å². The highest BCUT2D eigenvalue weighted by Crippen LogP contribution is 2.21. The summed E-state index contributed by atoms with van der Waals surface area (Å²) in [6, 6.07) is 2.85. The Kier molecular flexibility index (Phi) is 4.07. The van der Waals surface area contributed by atoms with Gasteiger partial charge in [0.1, 0.15) is 11.6 Å². The number of hydrogen-bond acceptors (Lipinski definition) is 6. The Morgan fingerprint density at radius 2 is 1.90 bits per heavy atom. The standard InChI is InChI=1S/C13H16FN5O/c1-8(2)11-16-12(19(3)4)18-13(17-11)20-9-5-6-10(14)15-7-9/h5-8H,1-4H3. The van der Waals surface area contributed by atoms with Crippen molar-refractivity contribution in [2.45, 2.75) is 19.8 Å². The highest BCUT2D eigenvalue weighted by atomic mass is 19.1. The van der Waals surface area contributed by atoms with Gasteiger partial charge in [0.05, 0.1) is 6.20 Å². The second-order valence-corrected chi connectivity index (χ2v) is 4.74. The van der Waals surface area contributed by atoms with Gasteiger partial charge in [0, 0.05) is 20.0 Å². The Labute approximate surface area is 116 Å². The molecule has 2 aromatic heterocycles. The first-order chi connectivity index (χ1) is 9.45. The van der Waals surface area contributed by atoms with Gasteiger partial charge >= 0.3 is 6.01 Å². The summed E-state index contributed by atoms with van der Waals surface area (Å²) >= 11 is 0. The number of pyridine rings is 1. The Morgan fingerprint density at radius 3 is 2.45 bits per heavy atom. The van der Waals surface area contributed by atoms with Crippen LogP contribution in [0.5, 0.6) is 11.8 Å². The fraction of sp³-hybridized carbons (Fsp3) is 0.385. The molecule has 0 aromatic carbocycles. The Bertz CT molecular complexity index is 560. The predicted molar refractivity (Wildman–Crippen MR) is 72.5 cm³/mol. The van der Waals surface area contributed by atoms with E-state index < -0.39 is 5.95 Å². The van der Waals surface area contributed by atoms with Gasteiger partial charge in [0.2, 0.25) is 11.9 Å². The van der Waals surface area contributed by atoms with Gasteiger partial charge in [0.15, 0.2) is 0 Å². The topological polar surface area (TPSA) is 64.0 Å². The number of hydrogen-bond donors (Lipinski definition) is 0. The van der Waals surface area contributed by atoms with Gasteiger partial charge < -0.3 is 9.64 Å². The van der Waals surface area contributed by atoms with E-state index >= 15 is 0 Å². The number of aromatic nitrogens is 4. The molecule has 6 nitrogen and oxygen atoms in total. The smallest absolute Gasteiger partial charge is 0.327 e. The normalized spacial score (nSPS) is 10.7. The molecule has 0 aliphatic rings. The molecule has 0 aliphatic heterocycles. The lowest BCUT2D eigenvalue weighted by Gasteiger charge is -2.14. The van der Waals surface area contributed by atoms with E-state index in [1.54, 1.807) is 4.90 Å². The fourth-order valence-corrected chi connectivity index (χ4v) is 1.39. The largest absolute Gasteiger partial charge is 0.423 e. The van der Waals surface area contributed by atoms with E-state index in [9.17, 15) is 4.39 Å². The number of halogens is 1. The molecule has 2 rings (SSSR count). The molecule has 0 unspecified atom stereocenters. The zero-order valence-corrected chi connectivity index (χ0v) is 11.8. The van der Waals surface area contributed by atoms with Crippen molar-refractivity contribution in [3.63, 3.8) is 0 Å². The van der Waals surface area contributed by atoms with Gasteiger partial charge in [-0.1, -0.05) is 13.8 Å². The maximum absolute atomic E-state index is 12.8. The van der Waals surface area contributed by atoms with Crippen LogP contribution in [0.3, 0.4) is 0 Å². The molecule has 0 saturated carbocycles. The van der Waals surface area contributed by atoms with Crippen LogP contribution in [-0.2, 0) is 0 Å². The lowest BCUT2D eigenvalue weighted by atomic mass is 10.2. The lowest BCUT2D eigenvalue weighted by molar-refractivity contribution is 0.429. The molecule has 2 heterocycles. The fourth-order valence-electron chi connectivity index (χ4n) is 1.39. The van der Waals surface area contributed by atoms with Gasteiger partial charge in [-0.25, -0.2) is 4.98 Å². The minimum absolute atomic E-state index is 0.144. The summed E-state index contributed by atoms with van der Waals surface area (Å²) in [5.41, 5.74) is 0. The molecule has 2 aromatic rings. The maximum atomic E-state index is 12.8. The van der Waals surface area contributed by atoms with Crippen molar-refractivity contribution in [1.29, 1.82) is 0 Å². The van der Waals surface area contributed by atoms with Crippen molar-refractivity contribution in [3.8, 4) is 11.8 Å². The Balaban J connectivity index is 2.32. The summed E-state index contributed by atoms with van der Waals surface area (Å²) in [6.45, 7) is 3.97. The minimum Gasteiger partial charge on any atom is -0.423 e. The molecule has 0 amide bonds. The molecular formula is C13H16FN5O. The number of anilines is 1. The summed E-state index contributed by atoms with van der Waals surface area (Å²) in [7, 11) is 3.67. The Hall–Kier alpha value is -2.31. The zero-order chi connectivity index (χ0) is 14.7. The predicted octanol–water partition coefficient (Wildman–Crippen LogP) is 2.39. The van der Waals surface area contributed by atoms with Crippen LogP contribution < -0.4 is 9.64 Å². The van der Waals surface area contributed by atoms with Crippen molar-refractivity contribution in [1.82, 2.24) is 19.9 Å². The molecule has 0 atom stereocenters. The molecule has 20 heavy (non-hydrogen) atoms. The first-order valence-corrected chi connectivity index (χ1v) is 6.18. The summed E-state index contributed by atoms with van der Waals surface area (Å²) in [4.78, 5) is 18.1. The van der Waals surface area contributed by atoms with E-state index in [1.165, 1.54) is 18.3 Å². The zero-order valence-electron chi connectivity index (χ0n) is 11.8. The lowest BCUT2D eigenvalue weighted by Crippen LogP contribution is -2.15. The van der Waals surface area contributed by atoms with Crippen molar-refractivity contribution in [3.05, 3.63) is 30.1 Å². The Morgan fingerprint density at radius 1 is 1.15 bits per heavy atom. The van der Waals surface area contributed by atoms with Crippen LogP contribution in [0.15, 0.2) is 18.3 Å². The third-order valence-corrected chi connectivity index (χ3v) is 2.45. The van der Waals surface area contributed by atoms with Gasteiger partial charge in [-0.15, -0.1) is 0 Å². The first-order valence-electron chi connectivity index (χ1n) is 6.18. The summed E-state index contributed by atoms with van der Waals surface area (Å²) in [5, 5.41) is 0. The number of rotatable bonds is 4. The van der Waals surface area contributed by atoms with Crippen LogP contribution in [0.2, 0.25) is 0 Å². The highest BCUT2D eigenvalue weighted by molar-refractivity contribution is 5.30. The SMILES string of the molecule is CC(C)c1nc(Oc2ccc(F)nc2)nc(N(C)C)n1. The van der Waals surface area contributed by atoms with Gasteiger partial charge in [-0.05, 0) is 12.1 Å². The second-order valence-electron chi connectivity index (χ2n) is 4.74. The molecule has 0 radical (unpaired) electrons. The van der Waals surface area contributed by atoms with E-state index in [4.69, 9.17) is 4.74 Å². The maximum Gasteiger partial charge on any atom is 0.327 e. The van der Waals surface area contributed by atoms with Crippen LogP contribution in [0.4, 0.5) is 10.3 Å². The van der Waals surface area contributed by atoms with Crippen molar-refractivity contribution in [2.24, 2.45) is 0 Å². The average Bonchev–Trinajstić information content (AvgIpc) is 2.41. The number of ether oxygens (including phenoxy) is 1. The molecule has 0 bridgehead atoms. The third kappa shape index (κ3) is 3.37. The monoisotopic (exact) mass is 277 g/mol. The van der Waals surface area contributed by atoms with Crippen LogP contribution in [0.25, 0.3) is 0 Å². The highest BCUT2D eigenvalue weighted by Gasteiger charge is 2.12. The molecule has 0 aliphatic carbocycles. The second kappa shape index (κ2) is 5.77. The molecule has 7 heteroatoms. The summed E-state index contributed by atoms with van der Waals surface area (Å²) in [6.07, 6.45) is 1.28. The van der Waals surface area contributed by atoms with Crippen molar-refractivity contribution < 1.29 is 9.13 Å². The molecule has 0 N–H and O–H groups in total. The molecular weight excluding hydrogens is 261 g/mol. The quantitative estimate of drug-likeness (QED) is 0.799. The van der Waals surface area contributed by atoms with Crippen molar-refractivity contribution in [2.75, 3.05) is 19.0 Å². The first kappa shape index (κ1) is 14.1. The molecule has 106 valence electrons. The minimum atomic E-state index is -0.565. The van der Waals surface area contributed by atoms with E-state index in [-0.39, 0.29) is 11.9 Å². The van der Waals surface area contributed by atoms with Crippen molar-refractivity contribution >= 4 is 5.95 Å².